The van der Waals surface area contributed by atoms with Gasteiger partial charge in [-0.15, -0.1) is 0 Å². The molecule has 28 heavy (non-hydrogen) atoms. The summed E-state index contributed by atoms with van der Waals surface area (Å²) in [5.74, 6) is 0.142. The Hall–Kier alpha value is -2.69. The van der Waals surface area contributed by atoms with Crippen LogP contribution in [0, 0.1) is 11.3 Å². The third-order valence-electron chi connectivity index (χ3n) is 5.07. The van der Waals surface area contributed by atoms with Crippen LogP contribution in [0.5, 0.6) is 0 Å². The number of carbonyl (C=O) groups is 1. The van der Waals surface area contributed by atoms with Gasteiger partial charge in [0.25, 0.3) is 0 Å². The van der Waals surface area contributed by atoms with E-state index in [1.165, 1.54) is 16.4 Å². The minimum absolute atomic E-state index is 0.0231. The predicted octanol–water partition coefficient (Wildman–Crippen LogP) is 2.58. The fraction of sp³-hybridized carbons (Fsp3) is 0.333. The Bertz CT molecular complexity index is 975. The first kappa shape index (κ1) is 20.1. The van der Waals surface area contributed by atoms with Crippen molar-refractivity contribution >= 4 is 15.9 Å². The molecule has 146 valence electrons. The number of benzene rings is 2. The van der Waals surface area contributed by atoms with Crippen molar-refractivity contribution in [1.82, 2.24) is 9.21 Å². The van der Waals surface area contributed by atoms with Crippen LogP contribution in [0.25, 0.3) is 0 Å². The van der Waals surface area contributed by atoms with Crippen LogP contribution in [-0.2, 0) is 14.8 Å². The largest absolute Gasteiger partial charge is 0.340 e. The fourth-order valence-electron chi connectivity index (χ4n) is 3.39. The van der Waals surface area contributed by atoms with Gasteiger partial charge in [-0.2, -0.15) is 9.57 Å². The van der Waals surface area contributed by atoms with Crippen LogP contribution >= 0.6 is 0 Å². The van der Waals surface area contributed by atoms with Gasteiger partial charge in [-0.05, 0) is 23.6 Å². The van der Waals surface area contributed by atoms with Crippen molar-refractivity contribution < 1.29 is 13.2 Å². The number of nitriles is 1. The highest BCUT2D eigenvalue weighted by Gasteiger charge is 2.31. The van der Waals surface area contributed by atoms with Gasteiger partial charge in [0.05, 0.1) is 10.5 Å². The van der Waals surface area contributed by atoms with E-state index in [9.17, 15) is 18.5 Å². The summed E-state index contributed by atoms with van der Waals surface area (Å²) in [4.78, 5) is 14.4. The number of hydrogen-bond acceptors (Lipinski definition) is 4. The van der Waals surface area contributed by atoms with E-state index in [4.69, 9.17) is 0 Å². The van der Waals surface area contributed by atoms with Gasteiger partial charge in [-0.3, -0.25) is 4.79 Å². The van der Waals surface area contributed by atoms with Gasteiger partial charge >= 0.3 is 0 Å². The first-order chi connectivity index (χ1) is 13.4. The van der Waals surface area contributed by atoms with Crippen LogP contribution in [0.2, 0.25) is 0 Å². The predicted molar refractivity (Wildman–Crippen MR) is 106 cm³/mol. The number of amides is 1. The second kappa shape index (κ2) is 8.55. The Balaban J connectivity index is 1.62. The zero-order chi connectivity index (χ0) is 20.1. The molecule has 1 heterocycles. The van der Waals surface area contributed by atoms with Crippen LogP contribution in [0.3, 0.4) is 0 Å². The minimum atomic E-state index is -3.75. The van der Waals surface area contributed by atoms with E-state index >= 15 is 0 Å². The SMILES string of the molecule is C[C@H](CC(=O)N1CCN(S(=O)(=O)c2ccccc2C#N)CC1)c1ccccc1. The van der Waals surface area contributed by atoms with Crippen LogP contribution in [0.1, 0.15) is 30.4 Å². The van der Waals surface area contributed by atoms with E-state index in [0.29, 0.717) is 19.5 Å². The van der Waals surface area contributed by atoms with Crippen molar-refractivity contribution in [2.75, 3.05) is 26.2 Å². The summed E-state index contributed by atoms with van der Waals surface area (Å²) < 4.78 is 27.1. The van der Waals surface area contributed by atoms with Crippen molar-refractivity contribution in [3.63, 3.8) is 0 Å². The lowest BCUT2D eigenvalue weighted by atomic mass is 9.97. The molecule has 0 radical (unpaired) electrons. The van der Waals surface area contributed by atoms with E-state index in [2.05, 4.69) is 0 Å². The van der Waals surface area contributed by atoms with Gasteiger partial charge in [0, 0.05) is 32.6 Å². The summed E-state index contributed by atoms with van der Waals surface area (Å²) in [6.45, 7) is 3.19. The summed E-state index contributed by atoms with van der Waals surface area (Å²) in [6, 6.07) is 18.0. The maximum absolute atomic E-state index is 12.9. The molecule has 3 rings (SSSR count). The average Bonchev–Trinajstić information content (AvgIpc) is 2.74. The molecular weight excluding hydrogens is 374 g/mol. The lowest BCUT2D eigenvalue weighted by Gasteiger charge is -2.34. The molecule has 0 spiro atoms. The minimum Gasteiger partial charge on any atom is -0.340 e. The Labute approximate surface area is 166 Å². The smallest absolute Gasteiger partial charge is 0.244 e. The molecule has 2 aromatic rings. The van der Waals surface area contributed by atoms with Crippen LogP contribution < -0.4 is 0 Å². The Morgan fingerprint density at radius 3 is 2.29 bits per heavy atom. The second-order valence-corrected chi connectivity index (χ2v) is 8.82. The maximum Gasteiger partial charge on any atom is 0.244 e. The third kappa shape index (κ3) is 4.24. The number of nitrogens with zero attached hydrogens (tertiary/aromatic N) is 3. The maximum atomic E-state index is 12.9. The molecular formula is C21H23N3O3S. The van der Waals surface area contributed by atoms with E-state index in [1.807, 2.05) is 43.3 Å². The Kier molecular flexibility index (Phi) is 6.12. The van der Waals surface area contributed by atoms with Crippen molar-refractivity contribution in [3.05, 3.63) is 65.7 Å². The van der Waals surface area contributed by atoms with Crippen LogP contribution in [0.4, 0.5) is 0 Å². The molecule has 1 amide bonds. The molecule has 7 heteroatoms. The quantitative estimate of drug-likeness (QED) is 0.777. The van der Waals surface area contributed by atoms with E-state index in [0.717, 1.165) is 5.56 Å². The number of carbonyl (C=O) groups excluding carboxylic acids is 1. The number of rotatable bonds is 5. The number of sulfonamides is 1. The first-order valence-corrected chi connectivity index (χ1v) is 10.7. The standard InChI is InChI=1S/C21H23N3O3S/c1-17(18-7-3-2-4-8-18)15-21(25)23-11-13-24(14-12-23)28(26,27)20-10-6-5-9-19(20)16-22/h2-10,17H,11-15H2,1H3/t17-/m1/s1. The van der Waals surface area contributed by atoms with Crippen LogP contribution in [-0.4, -0.2) is 49.7 Å². The fourth-order valence-corrected chi connectivity index (χ4v) is 4.96. The summed E-state index contributed by atoms with van der Waals surface area (Å²) >= 11 is 0. The average molecular weight is 398 g/mol. The summed E-state index contributed by atoms with van der Waals surface area (Å²) in [7, 11) is -3.75. The molecule has 0 unspecified atom stereocenters. The molecule has 6 nitrogen and oxygen atoms in total. The van der Waals surface area contributed by atoms with Crippen molar-refractivity contribution in [2.45, 2.75) is 24.2 Å². The van der Waals surface area contributed by atoms with Gasteiger partial charge in [-0.25, -0.2) is 8.42 Å². The van der Waals surface area contributed by atoms with E-state index in [1.54, 1.807) is 17.0 Å². The topological polar surface area (TPSA) is 81.5 Å². The molecule has 0 N–H and O–H groups in total. The highest BCUT2D eigenvalue weighted by molar-refractivity contribution is 7.89. The number of piperazine rings is 1. The molecule has 1 atom stereocenters. The highest BCUT2D eigenvalue weighted by Crippen LogP contribution is 2.23. The van der Waals surface area contributed by atoms with Gasteiger partial charge in [0.1, 0.15) is 6.07 Å². The third-order valence-corrected chi connectivity index (χ3v) is 7.02. The first-order valence-electron chi connectivity index (χ1n) is 9.25. The second-order valence-electron chi connectivity index (χ2n) is 6.91. The number of hydrogen-bond donors (Lipinski definition) is 0. The molecule has 1 aliphatic heterocycles. The summed E-state index contributed by atoms with van der Waals surface area (Å²) in [5, 5.41) is 9.19. The highest BCUT2D eigenvalue weighted by atomic mass is 32.2. The molecule has 0 aliphatic carbocycles. The van der Waals surface area contributed by atoms with E-state index in [-0.39, 0.29) is 35.4 Å². The summed E-state index contributed by atoms with van der Waals surface area (Å²) in [6.07, 6.45) is 0.397. The molecule has 1 fully saturated rings. The van der Waals surface area contributed by atoms with Gasteiger partial charge < -0.3 is 4.90 Å². The van der Waals surface area contributed by atoms with Crippen molar-refractivity contribution in [1.29, 1.82) is 5.26 Å². The normalized spacial score (nSPS) is 16.4. The lowest BCUT2D eigenvalue weighted by molar-refractivity contribution is -0.132. The zero-order valence-electron chi connectivity index (χ0n) is 15.8. The monoisotopic (exact) mass is 397 g/mol. The van der Waals surface area contributed by atoms with Crippen LogP contribution in [0.15, 0.2) is 59.5 Å². The molecule has 0 aromatic heterocycles. The Morgan fingerprint density at radius 1 is 1.04 bits per heavy atom. The molecule has 1 saturated heterocycles. The van der Waals surface area contributed by atoms with Gasteiger partial charge in [0.15, 0.2) is 0 Å². The molecule has 2 aromatic carbocycles. The van der Waals surface area contributed by atoms with Gasteiger partial charge in [0.2, 0.25) is 15.9 Å². The van der Waals surface area contributed by atoms with E-state index < -0.39 is 10.0 Å². The van der Waals surface area contributed by atoms with Gasteiger partial charge in [-0.1, -0.05) is 49.4 Å². The molecule has 0 bridgehead atoms. The molecule has 1 aliphatic rings. The Morgan fingerprint density at radius 2 is 1.64 bits per heavy atom. The zero-order valence-corrected chi connectivity index (χ0v) is 16.6. The van der Waals surface area contributed by atoms with Crippen molar-refractivity contribution in [2.24, 2.45) is 0 Å². The lowest BCUT2D eigenvalue weighted by Crippen LogP contribution is -2.50. The van der Waals surface area contributed by atoms with Crippen molar-refractivity contribution in [3.8, 4) is 6.07 Å². The summed E-state index contributed by atoms with van der Waals surface area (Å²) in [5.41, 5.74) is 1.25. The molecule has 0 saturated carbocycles.